The van der Waals surface area contributed by atoms with E-state index in [9.17, 15) is 13.2 Å². The van der Waals surface area contributed by atoms with Crippen LogP contribution in [0.2, 0.25) is 0 Å². The molecule has 0 fully saturated rings. The van der Waals surface area contributed by atoms with Gasteiger partial charge in [-0.2, -0.15) is 4.72 Å². The lowest BCUT2D eigenvalue weighted by Gasteiger charge is -2.19. The van der Waals surface area contributed by atoms with Gasteiger partial charge in [-0.15, -0.1) is 0 Å². The van der Waals surface area contributed by atoms with E-state index in [2.05, 4.69) is 10.0 Å². The van der Waals surface area contributed by atoms with Crippen LogP contribution in [0.1, 0.15) is 23.1 Å². The fourth-order valence-electron chi connectivity index (χ4n) is 3.13. The zero-order valence-electron chi connectivity index (χ0n) is 17.7. The minimum Gasteiger partial charge on any atom is -0.384 e. The minimum atomic E-state index is -3.89. The molecule has 0 aliphatic carbocycles. The van der Waals surface area contributed by atoms with E-state index in [0.717, 1.165) is 11.1 Å². The van der Waals surface area contributed by atoms with Crippen LogP contribution < -0.4 is 15.8 Å². The standard InChI is InChI=1S/C24H26N4O3S/c1-17-7-14-21(15-8-17)32(30,31)28-22(24(29)27-20-5-3-2-4-6-20)16-11-18-9-12-19(13-10-18)23(25)26/h2-10,12-15,22,28H,11,16H2,1H3,(H3,25,26)(H,27,29). The summed E-state index contributed by atoms with van der Waals surface area (Å²) in [6.07, 6.45) is 0.713. The van der Waals surface area contributed by atoms with E-state index >= 15 is 0 Å². The third kappa shape index (κ3) is 6.26. The molecule has 0 aliphatic rings. The number of nitrogen functional groups attached to an aromatic ring is 1. The van der Waals surface area contributed by atoms with Gasteiger partial charge in [-0.1, -0.05) is 60.2 Å². The zero-order chi connectivity index (χ0) is 23.1. The van der Waals surface area contributed by atoms with Crippen LogP contribution in [0.5, 0.6) is 0 Å². The molecule has 0 saturated carbocycles. The van der Waals surface area contributed by atoms with E-state index in [1.165, 1.54) is 12.1 Å². The molecule has 0 aliphatic heterocycles. The normalized spacial score (nSPS) is 12.2. The molecule has 0 spiro atoms. The molecule has 7 nitrogen and oxygen atoms in total. The van der Waals surface area contributed by atoms with Gasteiger partial charge in [0.1, 0.15) is 11.9 Å². The molecule has 3 aromatic rings. The molecule has 5 N–H and O–H groups in total. The van der Waals surface area contributed by atoms with Crippen molar-refractivity contribution >= 4 is 27.5 Å². The first-order chi connectivity index (χ1) is 15.2. The average molecular weight is 451 g/mol. The molecule has 1 atom stereocenters. The number of nitrogens with one attached hydrogen (secondary N) is 3. The summed E-state index contributed by atoms with van der Waals surface area (Å²) >= 11 is 0. The predicted molar refractivity (Wildman–Crippen MR) is 126 cm³/mol. The molecule has 0 radical (unpaired) electrons. The van der Waals surface area contributed by atoms with Gasteiger partial charge in [0, 0.05) is 11.3 Å². The van der Waals surface area contributed by atoms with Crippen LogP contribution in [0, 0.1) is 12.3 Å². The minimum absolute atomic E-state index is 0.0254. The van der Waals surface area contributed by atoms with Gasteiger partial charge >= 0.3 is 0 Å². The molecular formula is C24H26N4O3S. The summed E-state index contributed by atoms with van der Waals surface area (Å²) in [5.74, 6) is -0.463. The van der Waals surface area contributed by atoms with Crippen molar-refractivity contribution in [2.24, 2.45) is 5.73 Å². The van der Waals surface area contributed by atoms with Gasteiger partial charge in [0.25, 0.3) is 0 Å². The molecule has 3 aromatic carbocycles. The van der Waals surface area contributed by atoms with E-state index in [1.807, 2.05) is 25.1 Å². The quantitative estimate of drug-likeness (QED) is 0.295. The Balaban J connectivity index is 1.79. The highest BCUT2D eigenvalue weighted by atomic mass is 32.2. The lowest BCUT2D eigenvalue weighted by atomic mass is 10.0. The van der Waals surface area contributed by atoms with Gasteiger partial charge in [0.05, 0.1) is 4.90 Å². The number of nitrogens with two attached hydrogens (primary N) is 1. The number of amidine groups is 1. The van der Waals surface area contributed by atoms with E-state index < -0.39 is 22.0 Å². The van der Waals surface area contributed by atoms with Crippen LogP contribution in [0.3, 0.4) is 0 Å². The third-order valence-corrected chi connectivity index (χ3v) is 6.46. The van der Waals surface area contributed by atoms with Crippen molar-refractivity contribution in [2.75, 3.05) is 5.32 Å². The summed E-state index contributed by atoms with van der Waals surface area (Å²) in [4.78, 5) is 13.1. The van der Waals surface area contributed by atoms with E-state index in [-0.39, 0.29) is 17.2 Å². The molecule has 0 saturated heterocycles. The summed E-state index contributed by atoms with van der Waals surface area (Å²) in [6.45, 7) is 1.87. The Hall–Kier alpha value is -3.49. The average Bonchev–Trinajstić information content (AvgIpc) is 2.77. The smallest absolute Gasteiger partial charge is 0.242 e. The number of anilines is 1. The van der Waals surface area contributed by atoms with Crippen molar-refractivity contribution in [3.05, 3.63) is 95.6 Å². The number of carbonyl (C=O) groups excluding carboxylic acids is 1. The van der Waals surface area contributed by atoms with Crippen molar-refractivity contribution < 1.29 is 13.2 Å². The number of amides is 1. The fraction of sp³-hybridized carbons (Fsp3) is 0.167. The number of hydrogen-bond acceptors (Lipinski definition) is 4. The van der Waals surface area contributed by atoms with Gasteiger partial charge < -0.3 is 11.1 Å². The van der Waals surface area contributed by atoms with E-state index in [1.54, 1.807) is 48.5 Å². The zero-order valence-corrected chi connectivity index (χ0v) is 18.5. The van der Waals surface area contributed by atoms with Crippen molar-refractivity contribution in [3.63, 3.8) is 0 Å². The summed E-state index contributed by atoms with van der Waals surface area (Å²) in [5, 5.41) is 10.3. The Labute approximate surface area is 188 Å². The number of aryl methyl sites for hydroxylation is 2. The number of carbonyl (C=O) groups is 1. The molecular weight excluding hydrogens is 424 g/mol. The van der Waals surface area contributed by atoms with Crippen molar-refractivity contribution in [2.45, 2.75) is 30.7 Å². The lowest BCUT2D eigenvalue weighted by Crippen LogP contribution is -2.44. The van der Waals surface area contributed by atoms with Crippen LogP contribution in [0.15, 0.2) is 83.8 Å². The number of benzene rings is 3. The van der Waals surface area contributed by atoms with Crippen LogP contribution >= 0.6 is 0 Å². The van der Waals surface area contributed by atoms with Crippen molar-refractivity contribution in [1.82, 2.24) is 4.72 Å². The van der Waals surface area contributed by atoms with Gasteiger partial charge in [-0.05, 0) is 49.6 Å². The Morgan fingerprint density at radius 1 is 0.969 bits per heavy atom. The van der Waals surface area contributed by atoms with Crippen molar-refractivity contribution in [3.8, 4) is 0 Å². The largest absolute Gasteiger partial charge is 0.384 e. The summed E-state index contributed by atoms with van der Waals surface area (Å²) in [6, 6.07) is 21.5. The topological polar surface area (TPSA) is 125 Å². The highest BCUT2D eigenvalue weighted by Crippen LogP contribution is 2.15. The monoisotopic (exact) mass is 450 g/mol. The van der Waals surface area contributed by atoms with E-state index in [0.29, 0.717) is 17.7 Å². The van der Waals surface area contributed by atoms with E-state index in [4.69, 9.17) is 11.1 Å². The van der Waals surface area contributed by atoms with Crippen LogP contribution in [0.4, 0.5) is 5.69 Å². The summed E-state index contributed by atoms with van der Waals surface area (Å²) in [5.41, 5.74) is 8.52. The van der Waals surface area contributed by atoms with Gasteiger partial charge in [-0.3, -0.25) is 10.2 Å². The molecule has 8 heteroatoms. The summed E-state index contributed by atoms with van der Waals surface area (Å²) < 4.78 is 28.4. The maximum Gasteiger partial charge on any atom is 0.242 e. The second-order valence-electron chi connectivity index (χ2n) is 7.49. The second-order valence-corrected chi connectivity index (χ2v) is 9.21. The third-order valence-electron chi connectivity index (χ3n) is 4.97. The molecule has 3 rings (SSSR count). The highest BCUT2D eigenvalue weighted by molar-refractivity contribution is 7.89. The first-order valence-electron chi connectivity index (χ1n) is 10.1. The van der Waals surface area contributed by atoms with Gasteiger partial charge in [-0.25, -0.2) is 8.42 Å². The predicted octanol–water partition coefficient (Wildman–Crippen LogP) is 3.20. The first kappa shape index (κ1) is 23.2. The number of para-hydroxylation sites is 1. The Kier molecular flexibility index (Phi) is 7.40. The van der Waals surface area contributed by atoms with Crippen LogP contribution in [0.25, 0.3) is 0 Å². The van der Waals surface area contributed by atoms with Crippen LogP contribution in [-0.2, 0) is 21.2 Å². The maximum atomic E-state index is 13.0. The van der Waals surface area contributed by atoms with Crippen LogP contribution in [-0.4, -0.2) is 26.2 Å². The second kappa shape index (κ2) is 10.2. The molecule has 0 heterocycles. The molecule has 1 amide bonds. The molecule has 32 heavy (non-hydrogen) atoms. The number of hydrogen-bond donors (Lipinski definition) is 4. The molecule has 166 valence electrons. The van der Waals surface area contributed by atoms with Crippen molar-refractivity contribution in [1.29, 1.82) is 5.41 Å². The van der Waals surface area contributed by atoms with Gasteiger partial charge in [0.15, 0.2) is 0 Å². The Morgan fingerprint density at radius 2 is 1.59 bits per heavy atom. The fourth-order valence-corrected chi connectivity index (χ4v) is 4.36. The summed E-state index contributed by atoms with van der Waals surface area (Å²) in [7, 11) is -3.89. The molecule has 1 unspecified atom stereocenters. The Morgan fingerprint density at radius 3 is 2.19 bits per heavy atom. The number of rotatable bonds is 9. The molecule has 0 aromatic heterocycles. The van der Waals surface area contributed by atoms with Gasteiger partial charge in [0.2, 0.25) is 15.9 Å². The lowest BCUT2D eigenvalue weighted by molar-refractivity contribution is -0.117. The first-order valence-corrected chi connectivity index (χ1v) is 11.6. The highest BCUT2D eigenvalue weighted by Gasteiger charge is 2.26. The SMILES string of the molecule is Cc1ccc(S(=O)(=O)NC(CCc2ccc(C(=N)N)cc2)C(=O)Nc2ccccc2)cc1. The Bertz CT molecular complexity index is 1180. The molecule has 0 bridgehead atoms. The maximum absolute atomic E-state index is 13.0. The number of sulfonamides is 1.